The second kappa shape index (κ2) is 20.9. The largest absolute Gasteiger partial charge is 0.497 e. The van der Waals surface area contributed by atoms with Gasteiger partial charge in [-0.2, -0.15) is 4.31 Å². The van der Waals surface area contributed by atoms with Gasteiger partial charge >= 0.3 is 12.0 Å². The van der Waals surface area contributed by atoms with Crippen LogP contribution >= 0.6 is 11.3 Å². The molecule has 70 heavy (non-hydrogen) atoms. The maximum atomic E-state index is 15.2. The number of urea groups is 1. The topological polar surface area (TPSA) is 221 Å². The van der Waals surface area contributed by atoms with E-state index < -0.39 is 69.5 Å². The van der Waals surface area contributed by atoms with Gasteiger partial charge < -0.3 is 40.7 Å². The van der Waals surface area contributed by atoms with Gasteiger partial charge in [0, 0.05) is 60.4 Å². The van der Waals surface area contributed by atoms with Gasteiger partial charge in [-0.1, -0.05) is 62.5 Å². The second-order valence-electron chi connectivity index (χ2n) is 19.7. The number of methoxy groups -OCH3 is 1. The number of allylic oxidation sites excluding steroid dienone is 1. The molecule has 2 aromatic carbocycles. The zero-order valence-corrected chi connectivity index (χ0v) is 41.7. The van der Waals surface area contributed by atoms with Crippen LogP contribution < -0.4 is 30.7 Å². The molecule has 4 aromatic rings. The summed E-state index contributed by atoms with van der Waals surface area (Å²) in [5.74, 6) is -1.58. The van der Waals surface area contributed by atoms with Gasteiger partial charge in [0.1, 0.15) is 40.9 Å². The Labute approximate surface area is 413 Å². The molecule has 5 N–H and O–H groups in total. The molecule has 6 atom stereocenters. The molecule has 2 saturated carbocycles. The number of carbonyl (C=O) groups is 4. The quantitative estimate of drug-likeness (QED) is 0.0918. The number of nitrogens with zero attached hydrogens (tertiary/aromatic N) is 4. The standard InChI is InChI=1S/C51H64N8O9S2/c1-31(2)52-50-56-42(30-69-50)40-26-44(37-21-20-35(67-3)24-39(37)53-40)68-36-25-43-46(60)57-51(48(62)63)27-34(51)17-10-5-4-6-11-18-38(47(61)59(43)28-36)54-49(64)55-41(32-14-8-7-9-15-32)29-58-23-22-33-16-12-13-19-45(33)70(58,65)66/h10,12-13,16-17,19-21,24,26,30-32,34,36,38,41,43H,4-9,11,14-15,18,22-23,25,27-29H2,1-3H3,(H,52,56)(H,57,60)(H,62,63)(H2,54,55,64)/b17-10-/t34?,36-,38-,41-,43+,51-/m1/s1. The van der Waals surface area contributed by atoms with Gasteiger partial charge in [0.25, 0.3) is 0 Å². The van der Waals surface area contributed by atoms with Gasteiger partial charge in [0.05, 0.1) is 29.8 Å². The number of carboxylic acids is 1. The van der Waals surface area contributed by atoms with Gasteiger partial charge in [-0.25, -0.2) is 28.0 Å². The zero-order valence-electron chi connectivity index (χ0n) is 40.0. The van der Waals surface area contributed by atoms with E-state index in [1.807, 2.05) is 49.6 Å². The van der Waals surface area contributed by atoms with Crippen LogP contribution in [0, 0.1) is 11.8 Å². The van der Waals surface area contributed by atoms with Gasteiger partial charge in [0.15, 0.2) is 5.13 Å². The van der Waals surface area contributed by atoms with Crippen LogP contribution in [0.4, 0.5) is 9.93 Å². The molecule has 0 bridgehead atoms. The number of benzene rings is 2. The maximum Gasteiger partial charge on any atom is 0.330 e. The summed E-state index contributed by atoms with van der Waals surface area (Å²) < 4.78 is 41.7. The number of aliphatic carboxylic acids is 1. The summed E-state index contributed by atoms with van der Waals surface area (Å²) in [6.45, 7) is 4.41. The molecular weight excluding hydrogens is 933 g/mol. The van der Waals surface area contributed by atoms with E-state index in [1.165, 1.54) is 20.5 Å². The van der Waals surface area contributed by atoms with Crippen molar-refractivity contribution < 1.29 is 42.2 Å². The van der Waals surface area contributed by atoms with Crippen LogP contribution in [0.1, 0.15) is 96.5 Å². The number of fused-ring (bicyclic) bond motifs is 4. The lowest BCUT2D eigenvalue weighted by atomic mass is 9.84. The van der Waals surface area contributed by atoms with Gasteiger partial charge in [0.2, 0.25) is 21.8 Å². The molecule has 2 aromatic heterocycles. The van der Waals surface area contributed by atoms with Crippen molar-refractivity contribution >= 4 is 61.2 Å². The molecule has 1 unspecified atom stereocenters. The number of hydrogen-bond acceptors (Lipinski definition) is 12. The third-order valence-corrected chi connectivity index (χ3v) is 17.3. The first-order chi connectivity index (χ1) is 33.7. The summed E-state index contributed by atoms with van der Waals surface area (Å²) >= 11 is 1.45. The van der Waals surface area contributed by atoms with Crippen LogP contribution in [0.3, 0.4) is 0 Å². The first kappa shape index (κ1) is 49.2. The number of amides is 4. The highest BCUT2D eigenvalue weighted by atomic mass is 32.2. The molecule has 0 spiro atoms. The highest BCUT2D eigenvalue weighted by Gasteiger charge is 2.61. The SMILES string of the molecule is COc1ccc2c(O[C@@H]3C[C@H]4C(=O)N[C@]5(C(=O)O)CC5/C=C\CCCCC[C@@H](NC(=O)N[C@H](CN5CCc6ccccc6S5(=O)=O)C5CCCCC5)C(=O)N4C3)cc(-c3csc(NC(C)C)n3)nc2c1. The van der Waals surface area contributed by atoms with Crippen LogP contribution in [0.2, 0.25) is 0 Å². The van der Waals surface area contributed by atoms with E-state index >= 15 is 4.79 Å². The fraction of sp³-hybridized carbons (Fsp3) is 0.529. The molecule has 0 radical (unpaired) electrons. The lowest BCUT2D eigenvalue weighted by Gasteiger charge is -2.36. The van der Waals surface area contributed by atoms with Crippen LogP contribution in [0.15, 0.2) is 71.0 Å². The molecule has 17 nitrogen and oxygen atoms in total. The molecular formula is C51H64N8O9S2. The molecule has 5 heterocycles. The Morgan fingerprint density at radius 3 is 2.57 bits per heavy atom. The molecule has 1 saturated heterocycles. The Morgan fingerprint density at radius 2 is 1.79 bits per heavy atom. The van der Waals surface area contributed by atoms with Crippen molar-refractivity contribution in [3.05, 3.63) is 71.6 Å². The summed E-state index contributed by atoms with van der Waals surface area (Å²) in [5, 5.41) is 26.1. The smallest absolute Gasteiger partial charge is 0.330 e. The number of thiazole rings is 1. The Kier molecular flexibility index (Phi) is 14.7. The second-order valence-corrected chi connectivity index (χ2v) is 22.5. The summed E-state index contributed by atoms with van der Waals surface area (Å²) in [7, 11) is -2.24. The molecule has 4 amide bonds. The van der Waals surface area contributed by atoms with E-state index in [0.29, 0.717) is 59.6 Å². The van der Waals surface area contributed by atoms with E-state index in [4.69, 9.17) is 19.4 Å². The fourth-order valence-corrected chi connectivity index (χ4v) is 13.2. The van der Waals surface area contributed by atoms with Gasteiger partial charge in [-0.3, -0.25) is 9.59 Å². The predicted octanol–water partition coefficient (Wildman–Crippen LogP) is 6.88. The maximum absolute atomic E-state index is 15.2. The van der Waals surface area contributed by atoms with Crippen molar-refractivity contribution in [3.8, 4) is 22.9 Å². The summed E-state index contributed by atoms with van der Waals surface area (Å²) in [4.78, 5) is 68.3. The Hall–Kier alpha value is -5.79. The van der Waals surface area contributed by atoms with E-state index in [0.717, 1.165) is 55.6 Å². The van der Waals surface area contributed by atoms with Crippen LogP contribution in [-0.4, -0.2) is 119 Å². The van der Waals surface area contributed by atoms with E-state index in [9.17, 15) is 27.9 Å². The molecule has 3 aliphatic heterocycles. The monoisotopic (exact) mass is 996 g/mol. The van der Waals surface area contributed by atoms with Crippen molar-refractivity contribution in [1.29, 1.82) is 0 Å². The Bertz CT molecular complexity index is 2740. The minimum absolute atomic E-state index is 0.0288. The molecule has 5 aliphatic rings. The number of carbonyl (C=O) groups excluding carboxylic acids is 3. The first-order valence-corrected chi connectivity index (χ1v) is 27.1. The van der Waals surface area contributed by atoms with Crippen molar-refractivity contribution in [1.82, 2.24) is 35.1 Å². The van der Waals surface area contributed by atoms with E-state index in [1.54, 1.807) is 37.4 Å². The first-order valence-electron chi connectivity index (χ1n) is 24.8. The number of hydrogen-bond donors (Lipinski definition) is 5. The number of nitrogens with one attached hydrogen (secondary N) is 4. The third kappa shape index (κ3) is 10.6. The lowest BCUT2D eigenvalue weighted by Crippen LogP contribution is -2.59. The molecule has 9 rings (SSSR count). The zero-order chi connectivity index (χ0) is 49.2. The number of sulfonamides is 1. The number of carboxylic acid groups (broad SMARTS) is 1. The van der Waals surface area contributed by atoms with Gasteiger partial charge in [-0.05, 0) is 88.5 Å². The highest BCUT2D eigenvalue weighted by Crippen LogP contribution is 2.46. The Balaban J connectivity index is 1.00. The summed E-state index contributed by atoms with van der Waals surface area (Å²) in [6, 6.07) is 11.1. The van der Waals surface area contributed by atoms with Gasteiger partial charge in [-0.15, -0.1) is 11.3 Å². The summed E-state index contributed by atoms with van der Waals surface area (Å²) in [6.07, 6.45) is 11.7. The lowest BCUT2D eigenvalue weighted by molar-refractivity contribution is -0.145. The Morgan fingerprint density at radius 1 is 1.00 bits per heavy atom. The average molecular weight is 997 g/mol. The highest BCUT2D eigenvalue weighted by molar-refractivity contribution is 7.89. The minimum atomic E-state index is -3.81. The van der Waals surface area contributed by atoms with Crippen molar-refractivity contribution in [2.75, 3.05) is 32.1 Å². The molecule has 374 valence electrons. The molecule has 19 heteroatoms. The normalized spacial score (nSPS) is 26.1. The number of ether oxygens (including phenoxy) is 2. The van der Waals surface area contributed by atoms with E-state index in [-0.39, 0.29) is 49.2 Å². The van der Waals surface area contributed by atoms with E-state index in [2.05, 4.69) is 21.3 Å². The number of aromatic nitrogens is 2. The van der Waals surface area contributed by atoms with Crippen LogP contribution in [0.5, 0.6) is 11.5 Å². The van der Waals surface area contributed by atoms with Crippen LogP contribution in [-0.2, 0) is 30.8 Å². The van der Waals surface area contributed by atoms with Crippen molar-refractivity contribution in [2.45, 2.75) is 138 Å². The average Bonchev–Trinajstić information content (AvgIpc) is 3.60. The fourth-order valence-electron chi connectivity index (χ4n) is 10.7. The third-order valence-electron chi connectivity index (χ3n) is 14.5. The molecule has 2 aliphatic carbocycles. The van der Waals surface area contributed by atoms with Crippen molar-refractivity contribution in [3.63, 3.8) is 0 Å². The minimum Gasteiger partial charge on any atom is -0.497 e. The predicted molar refractivity (Wildman–Crippen MR) is 266 cm³/mol. The number of rotatable bonds is 12. The molecule has 3 fully saturated rings. The van der Waals surface area contributed by atoms with Crippen molar-refractivity contribution in [2.24, 2.45) is 11.8 Å². The number of pyridine rings is 1. The number of anilines is 1. The van der Waals surface area contributed by atoms with Crippen LogP contribution in [0.25, 0.3) is 22.3 Å². The summed E-state index contributed by atoms with van der Waals surface area (Å²) in [5.41, 5.74) is 1.03.